The zero-order chi connectivity index (χ0) is 10.2. The Morgan fingerprint density at radius 3 is 2.00 bits per heavy atom. The van der Waals surface area contributed by atoms with Crippen LogP contribution in [0.15, 0.2) is 12.7 Å². The van der Waals surface area contributed by atoms with Gasteiger partial charge in [-0.25, -0.2) is 0 Å². The van der Waals surface area contributed by atoms with Gasteiger partial charge < -0.3 is 10.2 Å². The largest absolute Gasteiger partial charge is 0.481 e. The van der Waals surface area contributed by atoms with E-state index in [1.54, 1.807) is 0 Å². The predicted octanol–water partition coefficient (Wildman–Crippen LogP) is 1.50. The number of aliphatic carboxylic acids is 1. The molecule has 0 fully saturated rings. The summed E-state index contributed by atoms with van der Waals surface area (Å²) in [5.41, 5.74) is 0. The third-order valence-corrected chi connectivity index (χ3v) is 3.37. The summed E-state index contributed by atoms with van der Waals surface area (Å²) in [6.45, 7) is 9.00. The van der Waals surface area contributed by atoms with E-state index < -0.39 is 14.0 Å². The molecule has 2 N–H and O–H groups in total. The molecule has 4 heteroatoms. The van der Waals surface area contributed by atoms with Gasteiger partial charge in [0, 0.05) is 13.2 Å². The molecule has 0 unspecified atom stereocenters. The number of allylic oxidation sites excluding steroid dienone is 1. The molecule has 0 aromatic carbocycles. The molecule has 0 saturated carbocycles. The van der Waals surface area contributed by atoms with Gasteiger partial charge in [-0.1, -0.05) is 19.2 Å². The van der Waals surface area contributed by atoms with Crippen molar-refractivity contribution in [3.05, 3.63) is 12.7 Å². The monoisotopic (exact) mass is 190 g/mol. The molecule has 0 aliphatic carbocycles. The standard InChI is InChI=1S/C6H14OSi.C2H4O2/c1-4-5-8(2,3)6-7;1-2(3)4/h4,7H,1,5-6H2,2-3H3;1H3,(H,3,4). The number of carboxylic acid groups (broad SMARTS) is 1. The summed E-state index contributed by atoms with van der Waals surface area (Å²) < 4.78 is 0. The summed E-state index contributed by atoms with van der Waals surface area (Å²) in [6, 6.07) is 1.02. The van der Waals surface area contributed by atoms with Crippen LogP contribution in [0.5, 0.6) is 0 Å². The fourth-order valence-corrected chi connectivity index (χ4v) is 1.37. The molecule has 3 nitrogen and oxygen atoms in total. The van der Waals surface area contributed by atoms with Crippen LogP contribution in [0.1, 0.15) is 6.92 Å². The van der Waals surface area contributed by atoms with Crippen LogP contribution in [-0.2, 0) is 4.79 Å². The lowest BCUT2D eigenvalue weighted by Crippen LogP contribution is -2.29. The van der Waals surface area contributed by atoms with E-state index in [9.17, 15) is 0 Å². The highest BCUT2D eigenvalue weighted by Gasteiger charge is 2.15. The molecule has 0 amide bonds. The first-order valence-corrected chi connectivity index (χ1v) is 7.18. The van der Waals surface area contributed by atoms with E-state index in [2.05, 4.69) is 19.7 Å². The van der Waals surface area contributed by atoms with Crippen LogP contribution < -0.4 is 0 Å². The number of carboxylic acids is 1. The molecule has 0 heterocycles. The van der Waals surface area contributed by atoms with Gasteiger partial charge in [0.05, 0.1) is 8.07 Å². The van der Waals surface area contributed by atoms with Gasteiger partial charge >= 0.3 is 0 Å². The lowest BCUT2D eigenvalue weighted by Gasteiger charge is -2.14. The number of carbonyl (C=O) groups is 1. The molecule has 0 rings (SSSR count). The molecule has 0 bridgehead atoms. The van der Waals surface area contributed by atoms with Crippen LogP contribution in [-0.4, -0.2) is 30.5 Å². The third kappa shape index (κ3) is 16.2. The van der Waals surface area contributed by atoms with E-state index in [1.165, 1.54) is 0 Å². The van der Waals surface area contributed by atoms with Gasteiger partial charge in [0.2, 0.25) is 0 Å². The van der Waals surface area contributed by atoms with Crippen molar-refractivity contribution in [1.29, 1.82) is 0 Å². The van der Waals surface area contributed by atoms with Gasteiger partial charge in [-0.2, -0.15) is 0 Å². The predicted molar refractivity (Wildman–Crippen MR) is 52.9 cm³/mol. The van der Waals surface area contributed by atoms with Gasteiger partial charge in [-0.05, 0) is 6.04 Å². The van der Waals surface area contributed by atoms with Crippen molar-refractivity contribution in [2.24, 2.45) is 0 Å². The summed E-state index contributed by atoms with van der Waals surface area (Å²) in [7, 11) is -1.24. The van der Waals surface area contributed by atoms with Crippen molar-refractivity contribution in [2.45, 2.75) is 26.1 Å². The lowest BCUT2D eigenvalue weighted by atomic mass is 10.8. The quantitative estimate of drug-likeness (QED) is 0.524. The maximum absolute atomic E-state index is 9.00. The summed E-state index contributed by atoms with van der Waals surface area (Å²) >= 11 is 0. The molecule has 12 heavy (non-hydrogen) atoms. The van der Waals surface area contributed by atoms with Crippen LogP contribution in [0.25, 0.3) is 0 Å². The topological polar surface area (TPSA) is 57.5 Å². The highest BCUT2D eigenvalue weighted by molar-refractivity contribution is 6.77. The molecule has 0 aromatic heterocycles. The second-order valence-electron chi connectivity index (χ2n) is 3.33. The molecule has 0 aliphatic heterocycles. The highest BCUT2D eigenvalue weighted by atomic mass is 28.3. The van der Waals surface area contributed by atoms with E-state index in [1.807, 2.05) is 6.08 Å². The Labute approximate surface area is 74.7 Å². The van der Waals surface area contributed by atoms with Gasteiger partial charge in [-0.15, -0.1) is 6.58 Å². The van der Waals surface area contributed by atoms with Crippen molar-refractivity contribution in [2.75, 3.05) is 6.23 Å². The van der Waals surface area contributed by atoms with Crippen molar-refractivity contribution < 1.29 is 15.0 Å². The van der Waals surface area contributed by atoms with Gasteiger partial charge in [0.15, 0.2) is 0 Å². The fourth-order valence-electron chi connectivity index (χ4n) is 0.455. The Morgan fingerprint density at radius 1 is 1.58 bits per heavy atom. The van der Waals surface area contributed by atoms with Gasteiger partial charge in [0.25, 0.3) is 5.97 Å². The summed E-state index contributed by atoms with van der Waals surface area (Å²) in [4.78, 5) is 9.00. The zero-order valence-electron chi connectivity index (χ0n) is 8.00. The zero-order valence-corrected chi connectivity index (χ0v) is 9.00. The van der Waals surface area contributed by atoms with E-state index >= 15 is 0 Å². The third-order valence-electron chi connectivity index (χ3n) is 1.12. The smallest absolute Gasteiger partial charge is 0.300 e. The Morgan fingerprint density at radius 2 is 1.92 bits per heavy atom. The lowest BCUT2D eigenvalue weighted by molar-refractivity contribution is -0.134. The number of aliphatic hydroxyl groups is 1. The first-order chi connectivity index (χ1) is 5.35. The number of hydrogen-bond acceptors (Lipinski definition) is 2. The maximum Gasteiger partial charge on any atom is 0.300 e. The molecule has 0 radical (unpaired) electrons. The average Bonchev–Trinajstić information content (AvgIpc) is 1.86. The first kappa shape index (κ1) is 13.9. The molecular weight excluding hydrogens is 172 g/mol. The summed E-state index contributed by atoms with van der Waals surface area (Å²) in [6.07, 6.45) is 2.27. The SMILES string of the molecule is C=CC[Si](C)(C)CO.CC(=O)O. The summed E-state index contributed by atoms with van der Waals surface area (Å²) in [5, 5.41) is 16.2. The van der Waals surface area contributed by atoms with Gasteiger partial charge in [0.1, 0.15) is 0 Å². The number of aliphatic hydroxyl groups excluding tert-OH is 1. The normalized spacial score (nSPS) is 9.67. The Hall–Kier alpha value is -0.613. The minimum absolute atomic E-state index is 0.374. The van der Waals surface area contributed by atoms with E-state index in [0.717, 1.165) is 13.0 Å². The Kier molecular flexibility index (Phi) is 8.20. The van der Waals surface area contributed by atoms with Crippen LogP contribution in [0, 0.1) is 0 Å². The molecule has 0 saturated heterocycles. The molecular formula is C8H18O3Si. The van der Waals surface area contributed by atoms with Crippen molar-refractivity contribution >= 4 is 14.0 Å². The van der Waals surface area contributed by atoms with Crippen LogP contribution in [0.3, 0.4) is 0 Å². The average molecular weight is 190 g/mol. The van der Waals surface area contributed by atoms with E-state index in [0.29, 0.717) is 6.23 Å². The van der Waals surface area contributed by atoms with Crippen molar-refractivity contribution in [1.82, 2.24) is 0 Å². The van der Waals surface area contributed by atoms with Crippen LogP contribution in [0.4, 0.5) is 0 Å². The molecule has 0 spiro atoms. The number of hydrogen-bond donors (Lipinski definition) is 2. The molecule has 72 valence electrons. The molecule has 0 atom stereocenters. The second-order valence-corrected chi connectivity index (χ2v) is 8.39. The van der Waals surface area contributed by atoms with E-state index in [4.69, 9.17) is 15.0 Å². The fraction of sp³-hybridized carbons (Fsp3) is 0.625. The van der Waals surface area contributed by atoms with Gasteiger partial charge in [-0.3, -0.25) is 4.79 Å². The minimum atomic E-state index is -1.24. The van der Waals surface area contributed by atoms with E-state index in [-0.39, 0.29) is 0 Å². The molecule has 0 aromatic rings. The Balaban J connectivity index is 0. The maximum atomic E-state index is 9.00. The number of rotatable bonds is 3. The second kappa shape index (κ2) is 7.06. The van der Waals surface area contributed by atoms with Crippen molar-refractivity contribution in [3.63, 3.8) is 0 Å². The Bertz CT molecular complexity index is 139. The van der Waals surface area contributed by atoms with Crippen molar-refractivity contribution in [3.8, 4) is 0 Å². The van der Waals surface area contributed by atoms with Crippen LogP contribution in [0.2, 0.25) is 19.1 Å². The minimum Gasteiger partial charge on any atom is -0.481 e. The highest BCUT2D eigenvalue weighted by Crippen LogP contribution is 2.06. The first-order valence-electron chi connectivity index (χ1n) is 3.77. The van der Waals surface area contributed by atoms with Crippen LogP contribution >= 0.6 is 0 Å². The molecule has 0 aliphatic rings. The summed E-state index contributed by atoms with van der Waals surface area (Å²) in [5.74, 6) is -0.833.